The predicted molar refractivity (Wildman–Crippen MR) is 66.1 cm³/mol. The van der Waals surface area contributed by atoms with E-state index in [2.05, 4.69) is 27.0 Å². The van der Waals surface area contributed by atoms with Crippen LogP contribution in [0.3, 0.4) is 0 Å². The number of hydrogen-bond donors (Lipinski definition) is 0. The molecule has 0 atom stereocenters. The minimum Gasteiger partial charge on any atom is -0.355 e. The molecule has 2 aromatic rings. The summed E-state index contributed by atoms with van der Waals surface area (Å²) in [5.41, 5.74) is 0.871. The molecule has 0 aliphatic heterocycles. The topological polar surface area (TPSA) is 46.3 Å². The Morgan fingerprint density at radius 1 is 1.44 bits per heavy atom. The number of rotatable bonds is 4. The van der Waals surface area contributed by atoms with Crippen molar-refractivity contribution in [3.63, 3.8) is 0 Å². The first-order valence-corrected chi connectivity index (χ1v) is 6.45. The van der Waals surface area contributed by atoms with Crippen LogP contribution in [0.5, 0.6) is 0 Å². The van der Waals surface area contributed by atoms with E-state index in [0.717, 1.165) is 29.6 Å². The largest absolute Gasteiger partial charge is 0.355 e. The second kappa shape index (κ2) is 4.69. The second-order valence-electron chi connectivity index (χ2n) is 3.55. The van der Waals surface area contributed by atoms with E-state index in [1.54, 1.807) is 18.0 Å². The molecule has 0 aromatic carbocycles. The van der Waals surface area contributed by atoms with Crippen molar-refractivity contribution in [2.24, 2.45) is 0 Å². The summed E-state index contributed by atoms with van der Waals surface area (Å²) in [6.45, 7) is 3.10. The molecule has 0 aliphatic rings. The number of imidazole rings is 1. The van der Waals surface area contributed by atoms with Gasteiger partial charge in [0.25, 0.3) is 0 Å². The van der Waals surface area contributed by atoms with Crippen LogP contribution in [0.2, 0.25) is 0 Å². The first-order valence-electron chi connectivity index (χ1n) is 5.22. The minimum absolute atomic E-state index is 0.838. The van der Waals surface area contributed by atoms with Crippen LogP contribution in [0.1, 0.15) is 13.3 Å². The lowest BCUT2D eigenvalue weighted by molar-refractivity contribution is 0.765. The van der Waals surface area contributed by atoms with Gasteiger partial charge < -0.3 is 4.90 Å². The molecule has 6 heteroatoms. The Morgan fingerprint density at radius 2 is 2.25 bits per heavy atom. The third-order valence-electron chi connectivity index (χ3n) is 2.38. The van der Waals surface area contributed by atoms with E-state index in [1.807, 2.05) is 23.9 Å². The van der Waals surface area contributed by atoms with Gasteiger partial charge in [-0.15, -0.1) is 10.2 Å². The zero-order valence-corrected chi connectivity index (χ0v) is 10.5. The molecule has 2 heterocycles. The van der Waals surface area contributed by atoms with E-state index < -0.39 is 0 Å². The van der Waals surface area contributed by atoms with Crippen LogP contribution in [-0.2, 0) is 0 Å². The predicted octanol–water partition coefficient (Wildman–Crippen LogP) is 1.69. The van der Waals surface area contributed by atoms with Crippen LogP contribution < -0.4 is 4.90 Å². The summed E-state index contributed by atoms with van der Waals surface area (Å²) in [5.74, 6) is 0.838. The fraction of sp³-hybridized carbons (Fsp3) is 0.500. The van der Waals surface area contributed by atoms with E-state index in [1.165, 1.54) is 0 Å². The molecule has 86 valence electrons. The summed E-state index contributed by atoms with van der Waals surface area (Å²) in [6.07, 6.45) is 6.76. The summed E-state index contributed by atoms with van der Waals surface area (Å²) in [5, 5.41) is 9.30. The summed E-state index contributed by atoms with van der Waals surface area (Å²) >= 11 is 1.57. The van der Waals surface area contributed by atoms with Crippen molar-refractivity contribution in [2.45, 2.75) is 18.5 Å². The molecule has 2 aromatic heterocycles. The molecule has 0 spiro atoms. The lowest BCUT2D eigenvalue weighted by Gasteiger charge is -2.17. The maximum atomic E-state index is 4.34. The fourth-order valence-electron chi connectivity index (χ4n) is 1.63. The van der Waals surface area contributed by atoms with E-state index in [0.29, 0.717) is 0 Å². The molecule has 0 N–H and O–H groups in total. The van der Waals surface area contributed by atoms with Gasteiger partial charge in [0, 0.05) is 26.0 Å². The van der Waals surface area contributed by atoms with E-state index in [-0.39, 0.29) is 0 Å². The van der Waals surface area contributed by atoms with Crippen molar-refractivity contribution in [3.05, 3.63) is 12.4 Å². The molecule has 2 rings (SSSR count). The Morgan fingerprint density at radius 3 is 2.94 bits per heavy atom. The van der Waals surface area contributed by atoms with Crippen LogP contribution in [0.4, 0.5) is 5.82 Å². The van der Waals surface area contributed by atoms with Gasteiger partial charge >= 0.3 is 0 Å². The average Bonchev–Trinajstić information content (AvgIpc) is 2.76. The first kappa shape index (κ1) is 11.2. The molecule has 0 bridgehead atoms. The molecular formula is C10H15N5S. The van der Waals surface area contributed by atoms with Gasteiger partial charge in [-0.1, -0.05) is 18.7 Å². The third-order valence-corrected chi connectivity index (χ3v) is 3.02. The van der Waals surface area contributed by atoms with Crippen LogP contribution in [0, 0.1) is 0 Å². The minimum atomic E-state index is 0.838. The van der Waals surface area contributed by atoms with Gasteiger partial charge in [0.1, 0.15) is 0 Å². The molecule has 5 nitrogen and oxygen atoms in total. The molecule has 0 saturated carbocycles. The van der Waals surface area contributed by atoms with Gasteiger partial charge in [-0.2, -0.15) is 0 Å². The molecule has 0 aliphatic carbocycles. The van der Waals surface area contributed by atoms with Gasteiger partial charge in [0.05, 0.1) is 0 Å². The maximum Gasteiger partial charge on any atom is 0.195 e. The number of thioether (sulfide) groups is 1. The fourth-order valence-corrected chi connectivity index (χ4v) is 2.10. The van der Waals surface area contributed by atoms with Crippen molar-refractivity contribution in [2.75, 3.05) is 24.7 Å². The molecular weight excluding hydrogens is 222 g/mol. The Balaban J connectivity index is 2.51. The first-order chi connectivity index (χ1) is 7.77. The van der Waals surface area contributed by atoms with Gasteiger partial charge in [-0.05, 0) is 12.7 Å². The summed E-state index contributed by atoms with van der Waals surface area (Å²) in [7, 11) is 2.01. The summed E-state index contributed by atoms with van der Waals surface area (Å²) in [4.78, 5) is 6.42. The zero-order chi connectivity index (χ0) is 11.5. The zero-order valence-electron chi connectivity index (χ0n) is 9.71. The van der Waals surface area contributed by atoms with E-state index in [9.17, 15) is 0 Å². The average molecular weight is 237 g/mol. The quantitative estimate of drug-likeness (QED) is 0.757. The van der Waals surface area contributed by atoms with Gasteiger partial charge in [0.2, 0.25) is 0 Å². The SMILES string of the molecule is CCCN(C)c1nnc(SC)n2ccnc12. The standard InChI is InChI=1S/C10H15N5S/c1-4-6-14(2)9-8-11-5-7-15(8)10(16-3)13-12-9/h5,7H,4,6H2,1-3H3. The lowest BCUT2D eigenvalue weighted by atomic mass is 10.4. The highest BCUT2D eigenvalue weighted by Gasteiger charge is 2.12. The van der Waals surface area contributed by atoms with Crippen molar-refractivity contribution < 1.29 is 0 Å². The second-order valence-corrected chi connectivity index (χ2v) is 4.33. The number of nitrogens with zero attached hydrogens (tertiary/aromatic N) is 5. The Kier molecular flexibility index (Phi) is 3.28. The molecule has 0 saturated heterocycles. The molecule has 0 unspecified atom stereocenters. The number of aromatic nitrogens is 4. The molecule has 16 heavy (non-hydrogen) atoms. The van der Waals surface area contributed by atoms with E-state index >= 15 is 0 Å². The molecule has 0 fully saturated rings. The normalized spacial score (nSPS) is 10.9. The highest BCUT2D eigenvalue weighted by atomic mass is 32.2. The summed E-state index contributed by atoms with van der Waals surface area (Å²) < 4.78 is 1.97. The third kappa shape index (κ3) is 1.84. The smallest absolute Gasteiger partial charge is 0.195 e. The maximum absolute atomic E-state index is 4.34. The van der Waals surface area contributed by atoms with Crippen molar-refractivity contribution >= 4 is 23.2 Å². The monoisotopic (exact) mass is 237 g/mol. The lowest BCUT2D eigenvalue weighted by Crippen LogP contribution is -2.21. The van der Waals surface area contributed by atoms with Gasteiger partial charge in [-0.25, -0.2) is 4.98 Å². The van der Waals surface area contributed by atoms with Gasteiger partial charge in [-0.3, -0.25) is 4.40 Å². The van der Waals surface area contributed by atoms with Crippen LogP contribution in [0.15, 0.2) is 17.6 Å². The summed E-state index contributed by atoms with van der Waals surface area (Å²) in [6, 6.07) is 0. The van der Waals surface area contributed by atoms with Crippen LogP contribution >= 0.6 is 11.8 Å². The van der Waals surface area contributed by atoms with Crippen LogP contribution in [0.25, 0.3) is 5.65 Å². The Labute approximate surface area is 98.9 Å². The molecule has 0 radical (unpaired) electrons. The van der Waals surface area contributed by atoms with Crippen molar-refractivity contribution in [1.29, 1.82) is 0 Å². The Bertz CT molecular complexity index is 481. The van der Waals surface area contributed by atoms with E-state index in [4.69, 9.17) is 0 Å². The highest BCUT2D eigenvalue weighted by molar-refractivity contribution is 7.98. The van der Waals surface area contributed by atoms with Crippen LogP contribution in [-0.4, -0.2) is 39.4 Å². The Hall–Kier alpha value is -1.30. The number of anilines is 1. The highest BCUT2D eigenvalue weighted by Crippen LogP contribution is 2.20. The number of hydrogen-bond acceptors (Lipinski definition) is 5. The molecule has 0 amide bonds. The van der Waals surface area contributed by atoms with Gasteiger partial charge in [0.15, 0.2) is 16.6 Å². The number of fused-ring (bicyclic) bond motifs is 1. The van der Waals surface area contributed by atoms with Crippen molar-refractivity contribution in [1.82, 2.24) is 19.6 Å². The van der Waals surface area contributed by atoms with Crippen molar-refractivity contribution in [3.8, 4) is 0 Å².